The molecule has 2 heterocycles. The monoisotopic (exact) mass is 536 g/mol. The third-order valence-corrected chi connectivity index (χ3v) is 8.95. The number of hydrogen-bond acceptors (Lipinski definition) is 5. The average molecular weight is 537 g/mol. The van der Waals surface area contributed by atoms with Crippen LogP contribution in [0.3, 0.4) is 0 Å². The Labute approximate surface area is 219 Å². The van der Waals surface area contributed by atoms with Gasteiger partial charge in [0.2, 0.25) is 0 Å². The smallest absolute Gasteiger partial charge is 0.382 e. The van der Waals surface area contributed by atoms with E-state index in [-0.39, 0.29) is 22.7 Å². The third-order valence-electron chi connectivity index (χ3n) is 8.58. The first-order valence-corrected chi connectivity index (χ1v) is 13.7. The highest BCUT2D eigenvalue weighted by atomic mass is 35.5. The van der Waals surface area contributed by atoms with Gasteiger partial charge in [-0.05, 0) is 81.0 Å². The number of fused-ring (bicyclic) bond motifs is 1. The summed E-state index contributed by atoms with van der Waals surface area (Å²) in [6, 6.07) is 6.09. The van der Waals surface area contributed by atoms with Crippen LogP contribution in [-0.2, 0) is 10.9 Å². The van der Waals surface area contributed by atoms with E-state index in [9.17, 15) is 18.0 Å². The lowest BCUT2D eigenvalue weighted by molar-refractivity contribution is -0.137. The minimum absolute atomic E-state index is 0.0390. The van der Waals surface area contributed by atoms with Gasteiger partial charge in [-0.3, -0.25) is 4.79 Å². The Morgan fingerprint density at radius 2 is 1.73 bits per heavy atom. The quantitative estimate of drug-likeness (QED) is 0.487. The summed E-state index contributed by atoms with van der Waals surface area (Å²) in [4.78, 5) is 15.4. The summed E-state index contributed by atoms with van der Waals surface area (Å²) < 4.78 is 46.2. The van der Waals surface area contributed by atoms with Gasteiger partial charge < -0.3 is 15.0 Å². The zero-order valence-electron chi connectivity index (χ0n) is 20.6. The zero-order valence-corrected chi connectivity index (χ0v) is 21.3. The summed E-state index contributed by atoms with van der Waals surface area (Å²) in [5, 5.41) is 7.96. The van der Waals surface area contributed by atoms with Gasteiger partial charge in [-0.25, -0.2) is 4.68 Å². The normalized spacial score (nSPS) is 29.5. The molecule has 3 aliphatic carbocycles. The second-order valence-corrected chi connectivity index (χ2v) is 11.5. The molecule has 1 saturated heterocycles. The summed E-state index contributed by atoms with van der Waals surface area (Å²) >= 11 is 6.48. The van der Waals surface area contributed by atoms with E-state index in [1.165, 1.54) is 23.2 Å². The van der Waals surface area contributed by atoms with Gasteiger partial charge in [0, 0.05) is 36.8 Å². The van der Waals surface area contributed by atoms with Gasteiger partial charge in [0.25, 0.3) is 5.56 Å². The van der Waals surface area contributed by atoms with Crippen molar-refractivity contribution in [2.75, 3.05) is 30.0 Å². The Morgan fingerprint density at radius 1 is 1.05 bits per heavy atom. The van der Waals surface area contributed by atoms with E-state index >= 15 is 0 Å². The number of nitrogens with one attached hydrogen (secondary N) is 1. The second-order valence-electron chi connectivity index (χ2n) is 11.1. The van der Waals surface area contributed by atoms with Crippen molar-refractivity contribution in [2.45, 2.75) is 69.2 Å². The van der Waals surface area contributed by atoms with Crippen LogP contribution in [0.1, 0.15) is 56.6 Å². The molecule has 37 heavy (non-hydrogen) atoms. The highest BCUT2D eigenvalue weighted by Gasteiger charge is 2.46. The first-order valence-electron chi connectivity index (χ1n) is 13.3. The van der Waals surface area contributed by atoms with Gasteiger partial charge in [0.15, 0.2) is 0 Å². The van der Waals surface area contributed by atoms with Crippen molar-refractivity contribution in [1.82, 2.24) is 9.78 Å². The molecule has 0 radical (unpaired) electrons. The molecule has 6 nitrogen and oxygen atoms in total. The molecule has 0 bridgehead atoms. The van der Waals surface area contributed by atoms with Crippen LogP contribution in [0.5, 0.6) is 0 Å². The lowest BCUT2D eigenvalue weighted by Gasteiger charge is -2.39. The van der Waals surface area contributed by atoms with Gasteiger partial charge in [0.05, 0.1) is 30.1 Å². The van der Waals surface area contributed by atoms with E-state index in [1.54, 1.807) is 18.3 Å². The number of anilines is 2. The molecule has 200 valence electrons. The van der Waals surface area contributed by atoms with Crippen LogP contribution in [-0.4, -0.2) is 41.6 Å². The van der Waals surface area contributed by atoms with E-state index in [0.717, 1.165) is 64.0 Å². The van der Waals surface area contributed by atoms with Gasteiger partial charge >= 0.3 is 6.18 Å². The first-order chi connectivity index (χ1) is 17.8. The molecular formula is C27H32ClF3N4O2. The zero-order chi connectivity index (χ0) is 25.7. The molecule has 2 aromatic rings. The lowest BCUT2D eigenvalue weighted by Crippen LogP contribution is -2.41. The number of halogens is 4. The number of benzene rings is 1. The molecule has 0 spiro atoms. The van der Waals surface area contributed by atoms with Crippen molar-refractivity contribution in [3.05, 3.63) is 51.4 Å². The fraction of sp³-hybridized carbons (Fsp3) is 0.630. The molecule has 1 aromatic heterocycles. The van der Waals surface area contributed by atoms with Crippen molar-refractivity contribution in [3.8, 4) is 0 Å². The van der Waals surface area contributed by atoms with Crippen LogP contribution in [0.4, 0.5) is 24.5 Å². The van der Waals surface area contributed by atoms with Crippen molar-refractivity contribution in [1.29, 1.82) is 0 Å². The molecule has 1 aliphatic heterocycles. The Hall–Kier alpha value is -2.26. The van der Waals surface area contributed by atoms with Crippen LogP contribution < -0.4 is 15.8 Å². The van der Waals surface area contributed by atoms with Gasteiger partial charge in [0.1, 0.15) is 5.02 Å². The largest absolute Gasteiger partial charge is 0.416 e. The van der Waals surface area contributed by atoms with E-state index in [0.29, 0.717) is 29.5 Å². The maximum atomic E-state index is 13.1. The van der Waals surface area contributed by atoms with Crippen molar-refractivity contribution < 1.29 is 17.9 Å². The van der Waals surface area contributed by atoms with E-state index in [4.69, 9.17) is 16.3 Å². The van der Waals surface area contributed by atoms with Crippen LogP contribution in [0.25, 0.3) is 0 Å². The Balaban J connectivity index is 1.09. The summed E-state index contributed by atoms with van der Waals surface area (Å²) in [5.41, 5.74) is 0.510. The molecule has 0 unspecified atom stereocenters. The Morgan fingerprint density at radius 3 is 2.38 bits per heavy atom. The maximum absolute atomic E-state index is 13.1. The highest BCUT2D eigenvalue weighted by Crippen LogP contribution is 2.47. The molecule has 1 N–H and O–H groups in total. The number of rotatable bonds is 7. The van der Waals surface area contributed by atoms with E-state index in [1.807, 2.05) is 0 Å². The highest BCUT2D eigenvalue weighted by molar-refractivity contribution is 6.32. The fourth-order valence-corrected chi connectivity index (χ4v) is 6.49. The minimum atomic E-state index is -4.34. The standard InChI is InChI=1S/C27H32ClF3N4O2/c28-25-24(32-12-17-15-37-14-16-11-23(16)17)13-33-35(26(25)36)22-9-7-21(8-10-22)34(20-5-6-20)19-3-1-18(2-4-19)27(29,30)31/h1-4,13,16-17,20-23,32H,5-12,14-15H2/t16-,17-,21?,22?,23-/m1/s1. The lowest BCUT2D eigenvalue weighted by atomic mass is 9.89. The summed E-state index contributed by atoms with van der Waals surface area (Å²) in [5.74, 6) is 1.83. The summed E-state index contributed by atoms with van der Waals surface area (Å²) in [7, 11) is 0. The molecule has 1 aromatic carbocycles. The van der Waals surface area contributed by atoms with Crippen LogP contribution >= 0.6 is 11.6 Å². The Kier molecular flexibility index (Phi) is 6.63. The molecule has 4 aliphatic rings. The Bertz CT molecular complexity index is 1180. The topological polar surface area (TPSA) is 59.4 Å². The van der Waals surface area contributed by atoms with Crippen molar-refractivity contribution in [3.63, 3.8) is 0 Å². The van der Waals surface area contributed by atoms with E-state index in [2.05, 4.69) is 15.3 Å². The minimum Gasteiger partial charge on any atom is -0.382 e. The van der Waals surface area contributed by atoms with Crippen LogP contribution in [0.2, 0.25) is 5.02 Å². The van der Waals surface area contributed by atoms with Crippen LogP contribution in [0, 0.1) is 17.8 Å². The fourth-order valence-electron chi connectivity index (χ4n) is 6.29. The van der Waals surface area contributed by atoms with Crippen molar-refractivity contribution >= 4 is 23.0 Å². The molecule has 10 heteroatoms. The van der Waals surface area contributed by atoms with Crippen LogP contribution in [0.15, 0.2) is 35.3 Å². The van der Waals surface area contributed by atoms with Gasteiger partial charge in [-0.2, -0.15) is 18.3 Å². The number of ether oxygens (including phenoxy) is 1. The predicted octanol–water partition coefficient (Wildman–Crippen LogP) is 5.76. The molecule has 0 amide bonds. The predicted molar refractivity (Wildman–Crippen MR) is 136 cm³/mol. The number of hydrogen-bond donors (Lipinski definition) is 1. The molecule has 4 fully saturated rings. The molecule has 3 atom stereocenters. The average Bonchev–Trinajstić information content (AvgIpc) is 3.81. The summed E-state index contributed by atoms with van der Waals surface area (Å²) in [6.07, 6.45) is 3.89. The number of nitrogens with zero attached hydrogens (tertiary/aromatic N) is 3. The summed E-state index contributed by atoms with van der Waals surface area (Å²) in [6.45, 7) is 2.33. The first kappa shape index (κ1) is 25.0. The number of aromatic nitrogens is 2. The SMILES string of the molecule is O=c1c(Cl)c(NC[C@@H]2COC[C@H]3C[C@@H]23)cnn1C1CCC(N(c2ccc(C(F)(F)F)cc2)C2CC2)CC1. The molecule has 6 rings (SSSR count). The second kappa shape index (κ2) is 9.80. The third kappa shape index (κ3) is 5.21. The maximum Gasteiger partial charge on any atom is 0.416 e. The van der Waals surface area contributed by atoms with Gasteiger partial charge in [-0.1, -0.05) is 11.6 Å². The number of alkyl halides is 3. The molecular weight excluding hydrogens is 505 g/mol. The molecule has 3 saturated carbocycles. The van der Waals surface area contributed by atoms with Crippen molar-refractivity contribution in [2.24, 2.45) is 17.8 Å². The van der Waals surface area contributed by atoms with E-state index < -0.39 is 11.7 Å². The van der Waals surface area contributed by atoms with Gasteiger partial charge in [-0.15, -0.1) is 0 Å².